The second kappa shape index (κ2) is 10.8. The molecule has 6 heteroatoms. The highest BCUT2D eigenvalue weighted by Gasteiger charge is 2.23. The number of amides is 1. The van der Waals surface area contributed by atoms with E-state index in [1.807, 2.05) is 24.3 Å². The third-order valence-electron chi connectivity index (χ3n) is 4.81. The molecule has 1 fully saturated rings. The van der Waals surface area contributed by atoms with Gasteiger partial charge in [-0.2, -0.15) is 0 Å². The summed E-state index contributed by atoms with van der Waals surface area (Å²) >= 11 is 0. The van der Waals surface area contributed by atoms with Crippen LogP contribution in [0.5, 0.6) is 0 Å². The zero-order chi connectivity index (χ0) is 18.8. The van der Waals surface area contributed by atoms with E-state index in [9.17, 15) is 4.79 Å². The molecule has 1 atom stereocenters. The second-order valence-electron chi connectivity index (χ2n) is 6.68. The van der Waals surface area contributed by atoms with Gasteiger partial charge in [0.1, 0.15) is 6.10 Å². The summed E-state index contributed by atoms with van der Waals surface area (Å²) in [5.41, 5.74) is 1.88. The van der Waals surface area contributed by atoms with Gasteiger partial charge in [0.25, 0.3) is 5.91 Å². The summed E-state index contributed by atoms with van der Waals surface area (Å²) in [7, 11) is 1.78. The zero-order valence-corrected chi connectivity index (χ0v) is 16.2. The van der Waals surface area contributed by atoms with E-state index in [-0.39, 0.29) is 12.0 Å². The predicted molar refractivity (Wildman–Crippen MR) is 106 cm³/mol. The van der Waals surface area contributed by atoms with Crippen molar-refractivity contribution in [3.05, 3.63) is 29.8 Å². The fraction of sp³-hybridized carbons (Fsp3) is 0.600. The monoisotopic (exact) mass is 360 g/mol. The van der Waals surface area contributed by atoms with Crippen molar-refractivity contribution >= 4 is 17.6 Å². The largest absolute Gasteiger partial charge is 0.368 e. The van der Waals surface area contributed by atoms with Gasteiger partial charge in [0.05, 0.1) is 0 Å². The van der Waals surface area contributed by atoms with Gasteiger partial charge < -0.3 is 20.7 Å². The normalized spacial score (nSPS) is 17.4. The van der Waals surface area contributed by atoms with Gasteiger partial charge in [-0.05, 0) is 36.5 Å². The minimum atomic E-state index is -0.315. The molecule has 1 aromatic rings. The van der Waals surface area contributed by atoms with Gasteiger partial charge in [0, 0.05) is 32.4 Å². The lowest BCUT2D eigenvalue weighted by molar-refractivity contribution is -0.124. The minimum Gasteiger partial charge on any atom is -0.368 e. The SMILES string of the molecule is CCC(CC)CNC(=NC)NCc1cccc(NC(=O)C2CCCO2)c1. The summed E-state index contributed by atoms with van der Waals surface area (Å²) < 4.78 is 5.43. The molecule has 0 aromatic heterocycles. The highest BCUT2D eigenvalue weighted by Crippen LogP contribution is 2.16. The molecule has 2 rings (SSSR count). The fourth-order valence-corrected chi connectivity index (χ4v) is 2.99. The third-order valence-corrected chi connectivity index (χ3v) is 4.81. The summed E-state index contributed by atoms with van der Waals surface area (Å²) in [4.78, 5) is 16.4. The van der Waals surface area contributed by atoms with E-state index < -0.39 is 0 Å². The van der Waals surface area contributed by atoms with E-state index in [0.717, 1.165) is 49.4 Å². The van der Waals surface area contributed by atoms with Crippen LogP contribution >= 0.6 is 0 Å². The van der Waals surface area contributed by atoms with Gasteiger partial charge in [-0.3, -0.25) is 9.79 Å². The Labute approximate surface area is 156 Å². The lowest BCUT2D eigenvalue weighted by Gasteiger charge is -2.17. The molecular weight excluding hydrogens is 328 g/mol. The summed E-state index contributed by atoms with van der Waals surface area (Å²) in [5.74, 6) is 1.39. The number of nitrogens with zero attached hydrogens (tertiary/aromatic N) is 1. The number of ether oxygens (including phenoxy) is 1. The summed E-state index contributed by atoms with van der Waals surface area (Å²) in [6, 6.07) is 7.86. The number of aliphatic imine (C=N–C) groups is 1. The lowest BCUT2D eigenvalue weighted by atomic mass is 10.0. The molecule has 1 aromatic carbocycles. The molecule has 144 valence electrons. The van der Waals surface area contributed by atoms with Gasteiger partial charge in [0.2, 0.25) is 0 Å². The number of hydrogen-bond donors (Lipinski definition) is 3. The molecule has 1 aliphatic heterocycles. The van der Waals surface area contributed by atoms with Crippen LogP contribution in [0, 0.1) is 5.92 Å². The number of hydrogen-bond acceptors (Lipinski definition) is 3. The Hall–Kier alpha value is -2.08. The number of guanidine groups is 1. The van der Waals surface area contributed by atoms with Gasteiger partial charge in [-0.15, -0.1) is 0 Å². The van der Waals surface area contributed by atoms with Crippen molar-refractivity contribution in [1.82, 2.24) is 10.6 Å². The first-order valence-corrected chi connectivity index (χ1v) is 9.62. The van der Waals surface area contributed by atoms with Crippen molar-refractivity contribution in [2.45, 2.75) is 52.2 Å². The van der Waals surface area contributed by atoms with Crippen LogP contribution in [0.3, 0.4) is 0 Å². The summed E-state index contributed by atoms with van der Waals surface area (Å²) in [5, 5.41) is 9.65. The highest BCUT2D eigenvalue weighted by atomic mass is 16.5. The minimum absolute atomic E-state index is 0.0599. The number of nitrogens with one attached hydrogen (secondary N) is 3. The molecule has 3 N–H and O–H groups in total. The number of carbonyl (C=O) groups is 1. The summed E-state index contributed by atoms with van der Waals surface area (Å²) in [6.07, 6.45) is 3.75. The second-order valence-corrected chi connectivity index (χ2v) is 6.68. The number of rotatable bonds is 8. The maximum atomic E-state index is 12.2. The van der Waals surface area contributed by atoms with Crippen LogP contribution < -0.4 is 16.0 Å². The Bertz CT molecular complexity index is 593. The predicted octanol–water partition coefficient (Wildman–Crippen LogP) is 2.91. The maximum absolute atomic E-state index is 12.2. The number of anilines is 1. The van der Waals surface area contributed by atoms with Crippen LogP contribution in [0.2, 0.25) is 0 Å². The molecule has 6 nitrogen and oxygen atoms in total. The molecule has 0 spiro atoms. The molecule has 1 aliphatic rings. The van der Waals surface area contributed by atoms with Crippen LogP contribution in [-0.2, 0) is 16.1 Å². The average molecular weight is 361 g/mol. The van der Waals surface area contributed by atoms with Crippen molar-refractivity contribution in [2.24, 2.45) is 10.9 Å². The first-order chi connectivity index (χ1) is 12.7. The molecule has 0 aliphatic carbocycles. The first kappa shape index (κ1) is 20.2. The Morgan fingerprint density at radius 3 is 2.77 bits per heavy atom. The van der Waals surface area contributed by atoms with Crippen LogP contribution in [0.15, 0.2) is 29.3 Å². The highest BCUT2D eigenvalue weighted by molar-refractivity contribution is 5.94. The molecule has 0 saturated carbocycles. The van der Waals surface area contributed by atoms with E-state index in [2.05, 4.69) is 34.8 Å². The standard InChI is InChI=1S/C20H32N4O2/c1-4-15(5-2)13-22-20(21-3)23-14-16-8-6-9-17(12-16)24-19(25)18-10-7-11-26-18/h6,8-9,12,15,18H,4-5,7,10-11,13-14H2,1-3H3,(H,24,25)(H2,21,22,23). The maximum Gasteiger partial charge on any atom is 0.253 e. The van der Waals surface area contributed by atoms with E-state index in [1.165, 1.54) is 0 Å². The van der Waals surface area contributed by atoms with Crippen molar-refractivity contribution in [3.8, 4) is 0 Å². The van der Waals surface area contributed by atoms with Crippen LogP contribution in [0.25, 0.3) is 0 Å². The smallest absolute Gasteiger partial charge is 0.253 e. The van der Waals surface area contributed by atoms with E-state index in [0.29, 0.717) is 19.1 Å². The van der Waals surface area contributed by atoms with Gasteiger partial charge >= 0.3 is 0 Å². The molecule has 1 unspecified atom stereocenters. The van der Waals surface area contributed by atoms with Gasteiger partial charge in [-0.25, -0.2) is 0 Å². The Balaban J connectivity index is 1.84. The van der Waals surface area contributed by atoms with Crippen molar-refractivity contribution in [2.75, 3.05) is 25.5 Å². The van der Waals surface area contributed by atoms with Crippen LogP contribution in [-0.4, -0.2) is 38.2 Å². The number of benzene rings is 1. The Morgan fingerprint density at radius 2 is 2.12 bits per heavy atom. The van der Waals surface area contributed by atoms with Crippen molar-refractivity contribution in [1.29, 1.82) is 0 Å². The van der Waals surface area contributed by atoms with Crippen LogP contribution in [0.1, 0.15) is 45.1 Å². The zero-order valence-electron chi connectivity index (χ0n) is 16.2. The quantitative estimate of drug-likeness (QED) is 0.492. The van der Waals surface area contributed by atoms with Gasteiger partial charge in [0.15, 0.2) is 5.96 Å². The van der Waals surface area contributed by atoms with Crippen molar-refractivity contribution < 1.29 is 9.53 Å². The van der Waals surface area contributed by atoms with Crippen molar-refractivity contribution in [3.63, 3.8) is 0 Å². The average Bonchev–Trinajstić information content (AvgIpc) is 3.20. The van der Waals surface area contributed by atoms with Gasteiger partial charge in [-0.1, -0.05) is 38.8 Å². The Kier molecular flexibility index (Phi) is 8.41. The van der Waals surface area contributed by atoms with E-state index in [1.54, 1.807) is 7.05 Å². The molecule has 0 bridgehead atoms. The van der Waals surface area contributed by atoms with E-state index in [4.69, 9.17) is 4.74 Å². The molecule has 26 heavy (non-hydrogen) atoms. The fourth-order valence-electron chi connectivity index (χ4n) is 2.99. The molecule has 1 heterocycles. The molecule has 1 saturated heterocycles. The number of carbonyl (C=O) groups excluding carboxylic acids is 1. The topological polar surface area (TPSA) is 74.8 Å². The Morgan fingerprint density at radius 1 is 1.31 bits per heavy atom. The molecular formula is C20H32N4O2. The summed E-state index contributed by atoms with van der Waals surface area (Å²) in [6.45, 7) is 6.66. The third kappa shape index (κ3) is 6.33. The molecule has 1 amide bonds. The first-order valence-electron chi connectivity index (χ1n) is 9.62. The molecule has 0 radical (unpaired) electrons. The van der Waals surface area contributed by atoms with Crippen LogP contribution in [0.4, 0.5) is 5.69 Å². The lowest BCUT2D eigenvalue weighted by Crippen LogP contribution is -2.39. The van der Waals surface area contributed by atoms with E-state index >= 15 is 0 Å².